The van der Waals surface area contributed by atoms with Gasteiger partial charge in [0.15, 0.2) is 0 Å². The van der Waals surface area contributed by atoms with Crippen LogP contribution in [0.15, 0.2) is 53.4 Å². The van der Waals surface area contributed by atoms with Gasteiger partial charge in [0.2, 0.25) is 15.9 Å². The molecule has 0 saturated carbocycles. The van der Waals surface area contributed by atoms with Crippen LogP contribution in [0.2, 0.25) is 0 Å². The summed E-state index contributed by atoms with van der Waals surface area (Å²) in [5.74, 6) is 0.314. The molecule has 1 atom stereocenters. The number of nitrogens with one attached hydrogen (secondary N) is 2. The Balaban J connectivity index is 2.20. The van der Waals surface area contributed by atoms with E-state index >= 15 is 0 Å². The van der Waals surface area contributed by atoms with Gasteiger partial charge in [-0.3, -0.25) is 4.79 Å². The maximum atomic E-state index is 12.7. The summed E-state index contributed by atoms with van der Waals surface area (Å²) in [6.45, 7) is 3.85. The van der Waals surface area contributed by atoms with Crippen molar-refractivity contribution in [2.24, 2.45) is 0 Å². The van der Waals surface area contributed by atoms with Crippen LogP contribution in [0.1, 0.15) is 17.5 Å². The van der Waals surface area contributed by atoms with Crippen LogP contribution in [0.5, 0.6) is 0 Å². The number of carbonyl (C=O) groups excluding carboxylic acids is 1. The Labute approximate surface area is 159 Å². The van der Waals surface area contributed by atoms with Crippen LogP contribution in [0, 0.1) is 13.8 Å². The number of carbonyl (C=O) groups is 1. The lowest BCUT2D eigenvalue weighted by Crippen LogP contribution is -2.44. The molecule has 0 aromatic heterocycles. The van der Waals surface area contributed by atoms with Crippen molar-refractivity contribution in [1.29, 1.82) is 0 Å². The van der Waals surface area contributed by atoms with Gasteiger partial charge < -0.3 is 5.32 Å². The van der Waals surface area contributed by atoms with Crippen molar-refractivity contribution < 1.29 is 13.2 Å². The highest BCUT2D eigenvalue weighted by atomic mass is 32.2. The van der Waals surface area contributed by atoms with E-state index in [0.29, 0.717) is 17.9 Å². The van der Waals surface area contributed by atoms with Crippen molar-refractivity contribution in [2.45, 2.75) is 31.2 Å². The lowest BCUT2D eigenvalue weighted by Gasteiger charge is -2.19. The van der Waals surface area contributed by atoms with Crippen molar-refractivity contribution in [3.8, 4) is 0 Å². The molecule has 1 unspecified atom stereocenters. The molecule has 140 valence electrons. The molecule has 0 bridgehead atoms. The van der Waals surface area contributed by atoms with Gasteiger partial charge in [-0.05, 0) is 61.6 Å². The summed E-state index contributed by atoms with van der Waals surface area (Å²) in [4.78, 5) is 12.9. The van der Waals surface area contributed by atoms with Crippen LogP contribution in [-0.4, -0.2) is 32.4 Å². The smallest absolute Gasteiger partial charge is 0.242 e. The van der Waals surface area contributed by atoms with E-state index in [1.54, 1.807) is 30.0 Å². The normalized spacial score (nSPS) is 12.6. The predicted molar refractivity (Wildman–Crippen MR) is 108 cm³/mol. The lowest BCUT2D eigenvalue weighted by molar-refractivity contribution is -0.117. The van der Waals surface area contributed by atoms with E-state index in [4.69, 9.17) is 0 Å². The van der Waals surface area contributed by atoms with Gasteiger partial charge >= 0.3 is 0 Å². The number of rotatable bonds is 8. The van der Waals surface area contributed by atoms with Crippen molar-refractivity contribution >= 4 is 33.4 Å². The van der Waals surface area contributed by atoms with Crippen LogP contribution in [0.4, 0.5) is 5.69 Å². The van der Waals surface area contributed by atoms with E-state index in [1.165, 1.54) is 12.1 Å². The molecule has 0 saturated heterocycles. The summed E-state index contributed by atoms with van der Waals surface area (Å²) in [5, 5.41) is 2.86. The van der Waals surface area contributed by atoms with Gasteiger partial charge in [0.1, 0.15) is 6.04 Å². The second-order valence-corrected chi connectivity index (χ2v) is 8.78. The molecule has 2 aromatic rings. The summed E-state index contributed by atoms with van der Waals surface area (Å²) in [6, 6.07) is 13.0. The van der Waals surface area contributed by atoms with Crippen molar-refractivity contribution in [3.63, 3.8) is 0 Å². The number of sulfonamides is 1. The fraction of sp³-hybridized carbons (Fsp3) is 0.316. The number of amides is 1. The van der Waals surface area contributed by atoms with Gasteiger partial charge in [0.05, 0.1) is 4.90 Å². The highest BCUT2D eigenvalue weighted by Gasteiger charge is 2.25. The molecule has 7 heteroatoms. The third-order valence-electron chi connectivity index (χ3n) is 3.93. The zero-order valence-corrected chi connectivity index (χ0v) is 16.8. The number of anilines is 1. The van der Waals surface area contributed by atoms with Crippen molar-refractivity contribution in [3.05, 3.63) is 59.7 Å². The molecule has 5 nitrogen and oxygen atoms in total. The van der Waals surface area contributed by atoms with Crippen LogP contribution in [0.25, 0.3) is 0 Å². The Morgan fingerprint density at radius 1 is 1.12 bits per heavy atom. The standard InChI is InChI=1S/C19H24N2O3S2/c1-14-9-10-15(2)18(13-14)20-19(22)17(11-12-25-3)21-26(23,24)16-7-5-4-6-8-16/h4-10,13,17,21H,11-12H2,1-3H3,(H,20,22). The maximum Gasteiger partial charge on any atom is 0.242 e. The molecule has 2 N–H and O–H groups in total. The SMILES string of the molecule is CSCCC(NS(=O)(=O)c1ccccc1)C(=O)Nc1cc(C)ccc1C. The first-order valence-corrected chi connectivity index (χ1v) is 11.2. The number of hydrogen-bond acceptors (Lipinski definition) is 4. The molecule has 2 rings (SSSR count). The minimum atomic E-state index is -3.77. The zero-order valence-electron chi connectivity index (χ0n) is 15.2. The van der Waals surface area contributed by atoms with Crippen LogP contribution in [0.3, 0.4) is 0 Å². The molecule has 2 aromatic carbocycles. The minimum absolute atomic E-state index is 0.147. The van der Waals surface area contributed by atoms with E-state index < -0.39 is 16.1 Å². The summed E-state index contributed by atoms with van der Waals surface area (Å²) in [6.07, 6.45) is 2.33. The molecule has 0 heterocycles. The molecular weight excluding hydrogens is 368 g/mol. The van der Waals surface area contributed by atoms with Gasteiger partial charge in [0.25, 0.3) is 0 Å². The second-order valence-electron chi connectivity index (χ2n) is 6.08. The van der Waals surface area contributed by atoms with Crippen LogP contribution in [-0.2, 0) is 14.8 Å². The summed E-state index contributed by atoms with van der Waals surface area (Å²) < 4.78 is 27.7. The Morgan fingerprint density at radius 2 is 1.81 bits per heavy atom. The van der Waals surface area contributed by atoms with Gasteiger partial charge in [0, 0.05) is 5.69 Å². The molecule has 0 radical (unpaired) electrons. The van der Waals surface area contributed by atoms with E-state index in [1.807, 2.05) is 38.3 Å². The minimum Gasteiger partial charge on any atom is -0.324 e. The van der Waals surface area contributed by atoms with Gasteiger partial charge in [-0.2, -0.15) is 16.5 Å². The molecule has 0 aliphatic rings. The van der Waals surface area contributed by atoms with E-state index in [2.05, 4.69) is 10.0 Å². The zero-order chi connectivity index (χ0) is 19.2. The first kappa shape index (κ1) is 20.5. The number of benzene rings is 2. The highest BCUT2D eigenvalue weighted by Crippen LogP contribution is 2.18. The monoisotopic (exact) mass is 392 g/mol. The van der Waals surface area contributed by atoms with E-state index in [-0.39, 0.29) is 10.8 Å². The third-order valence-corrected chi connectivity index (χ3v) is 6.06. The molecule has 0 aliphatic heterocycles. The lowest BCUT2D eigenvalue weighted by atomic mass is 10.1. The maximum absolute atomic E-state index is 12.7. The van der Waals surface area contributed by atoms with Crippen LogP contribution < -0.4 is 10.0 Å². The average Bonchev–Trinajstić information content (AvgIpc) is 2.62. The Morgan fingerprint density at radius 3 is 2.46 bits per heavy atom. The number of hydrogen-bond donors (Lipinski definition) is 2. The summed E-state index contributed by atoms with van der Waals surface area (Å²) in [5.41, 5.74) is 2.65. The molecule has 0 spiro atoms. The number of thioether (sulfide) groups is 1. The first-order chi connectivity index (χ1) is 12.3. The predicted octanol–water partition coefficient (Wildman–Crippen LogP) is 3.34. The number of aryl methyl sites for hydroxylation is 2. The van der Waals surface area contributed by atoms with Gasteiger partial charge in [-0.1, -0.05) is 30.3 Å². The molecular formula is C19H24N2O3S2. The Kier molecular flexibility index (Phi) is 7.25. The fourth-order valence-corrected chi connectivity index (χ4v) is 4.15. The van der Waals surface area contributed by atoms with E-state index in [0.717, 1.165) is 11.1 Å². The fourth-order valence-electron chi connectivity index (χ4n) is 2.42. The van der Waals surface area contributed by atoms with Crippen molar-refractivity contribution in [1.82, 2.24) is 4.72 Å². The first-order valence-electron chi connectivity index (χ1n) is 8.28. The average molecular weight is 393 g/mol. The molecule has 1 amide bonds. The highest BCUT2D eigenvalue weighted by molar-refractivity contribution is 7.98. The summed E-state index contributed by atoms with van der Waals surface area (Å²) >= 11 is 1.57. The molecule has 0 fully saturated rings. The van der Waals surface area contributed by atoms with Crippen molar-refractivity contribution in [2.75, 3.05) is 17.3 Å². The van der Waals surface area contributed by atoms with Gasteiger partial charge in [-0.25, -0.2) is 8.42 Å². The van der Waals surface area contributed by atoms with Crippen LogP contribution >= 0.6 is 11.8 Å². The Hall–Kier alpha value is -1.83. The quantitative estimate of drug-likeness (QED) is 0.722. The Bertz CT molecular complexity index is 852. The molecule has 0 aliphatic carbocycles. The topological polar surface area (TPSA) is 75.3 Å². The second kappa shape index (κ2) is 9.21. The van der Waals surface area contributed by atoms with Gasteiger partial charge in [-0.15, -0.1) is 0 Å². The largest absolute Gasteiger partial charge is 0.324 e. The molecule has 26 heavy (non-hydrogen) atoms. The third kappa shape index (κ3) is 5.59. The summed E-state index contributed by atoms with van der Waals surface area (Å²) in [7, 11) is -3.77. The van der Waals surface area contributed by atoms with E-state index in [9.17, 15) is 13.2 Å².